The number of nitrogens with one attached hydrogen (secondary N) is 2. The second-order valence-corrected chi connectivity index (χ2v) is 4.54. The van der Waals surface area contributed by atoms with Gasteiger partial charge in [0.05, 0.1) is 23.9 Å². The third kappa shape index (κ3) is 3.05. The number of nitrogens with zero attached hydrogens (tertiary/aromatic N) is 1. The van der Waals surface area contributed by atoms with Crippen LogP contribution in [-0.2, 0) is 9.53 Å². The Morgan fingerprint density at radius 3 is 3.06 bits per heavy atom. The van der Waals surface area contributed by atoms with Crippen molar-refractivity contribution < 1.29 is 9.53 Å². The zero-order valence-corrected chi connectivity index (χ0v) is 10.7. The molecule has 1 aromatic heterocycles. The molecule has 1 aromatic rings. The highest BCUT2D eigenvalue weighted by Gasteiger charge is 2.29. The number of carbonyl (C=O) groups excluding carboxylic acids is 1. The Kier molecular flexibility index (Phi) is 4.28. The largest absolute Gasteiger partial charge is 0.380 e. The van der Waals surface area contributed by atoms with Gasteiger partial charge in [0, 0.05) is 19.9 Å². The molecule has 1 aliphatic rings. The molecule has 2 N–H and O–H groups in total. The summed E-state index contributed by atoms with van der Waals surface area (Å²) in [5, 5.41) is 6.12. The minimum atomic E-state index is -0.166. The standard InChI is InChI=1S/C13H19N3O2/c1-9(11-5-3-4-6-14-11)16-13(17)12-7-10(18-2)8-15-12/h3-6,9-10,12,15H,7-8H2,1-2H3,(H,16,17). The molecule has 18 heavy (non-hydrogen) atoms. The van der Waals surface area contributed by atoms with Crippen LogP contribution in [-0.4, -0.2) is 36.7 Å². The van der Waals surface area contributed by atoms with E-state index in [1.54, 1.807) is 13.3 Å². The Labute approximate surface area is 107 Å². The second kappa shape index (κ2) is 5.93. The summed E-state index contributed by atoms with van der Waals surface area (Å²) in [6.07, 6.45) is 2.58. The summed E-state index contributed by atoms with van der Waals surface area (Å²) >= 11 is 0. The number of carbonyl (C=O) groups is 1. The first kappa shape index (κ1) is 13.0. The van der Waals surface area contributed by atoms with Gasteiger partial charge in [0.25, 0.3) is 0 Å². The number of ether oxygens (including phenoxy) is 1. The van der Waals surface area contributed by atoms with E-state index < -0.39 is 0 Å². The molecule has 0 aromatic carbocycles. The first-order valence-electron chi connectivity index (χ1n) is 6.18. The minimum absolute atomic E-state index is 0.00713. The van der Waals surface area contributed by atoms with Gasteiger partial charge in [-0.05, 0) is 25.5 Å². The minimum Gasteiger partial charge on any atom is -0.380 e. The van der Waals surface area contributed by atoms with E-state index >= 15 is 0 Å². The van der Waals surface area contributed by atoms with Crippen molar-refractivity contribution in [3.05, 3.63) is 30.1 Å². The van der Waals surface area contributed by atoms with Crippen LogP contribution in [0.1, 0.15) is 25.1 Å². The Bertz CT molecular complexity index is 396. The molecule has 3 atom stereocenters. The summed E-state index contributed by atoms with van der Waals surface area (Å²) in [6.45, 7) is 2.66. The molecule has 0 saturated carbocycles. The van der Waals surface area contributed by atoms with Gasteiger partial charge in [-0.15, -0.1) is 0 Å². The Balaban J connectivity index is 1.88. The normalized spacial score (nSPS) is 24.8. The van der Waals surface area contributed by atoms with Crippen molar-refractivity contribution in [2.24, 2.45) is 0 Å². The molecule has 3 unspecified atom stereocenters. The van der Waals surface area contributed by atoms with Gasteiger partial charge < -0.3 is 15.4 Å². The zero-order valence-electron chi connectivity index (χ0n) is 10.7. The Hall–Kier alpha value is -1.46. The van der Waals surface area contributed by atoms with Crippen LogP contribution in [0.15, 0.2) is 24.4 Å². The molecule has 5 nitrogen and oxygen atoms in total. The number of methoxy groups -OCH3 is 1. The Morgan fingerprint density at radius 1 is 1.61 bits per heavy atom. The predicted molar refractivity (Wildman–Crippen MR) is 68.0 cm³/mol. The fourth-order valence-electron chi connectivity index (χ4n) is 2.10. The van der Waals surface area contributed by atoms with Crippen molar-refractivity contribution in [3.63, 3.8) is 0 Å². The summed E-state index contributed by atoms with van der Waals surface area (Å²) < 4.78 is 5.23. The SMILES string of the molecule is COC1CNC(C(=O)NC(C)c2ccccn2)C1. The predicted octanol–water partition coefficient (Wildman–Crippen LogP) is 0.636. The number of hydrogen-bond acceptors (Lipinski definition) is 4. The second-order valence-electron chi connectivity index (χ2n) is 4.54. The van der Waals surface area contributed by atoms with Gasteiger partial charge in [-0.3, -0.25) is 9.78 Å². The highest BCUT2D eigenvalue weighted by Crippen LogP contribution is 2.12. The summed E-state index contributed by atoms with van der Waals surface area (Å²) in [5.41, 5.74) is 0.868. The van der Waals surface area contributed by atoms with E-state index in [2.05, 4.69) is 15.6 Å². The van der Waals surface area contributed by atoms with E-state index in [-0.39, 0.29) is 24.1 Å². The van der Waals surface area contributed by atoms with Gasteiger partial charge in [-0.2, -0.15) is 0 Å². The highest BCUT2D eigenvalue weighted by molar-refractivity contribution is 5.82. The molecule has 2 rings (SSSR count). The molecule has 0 spiro atoms. The fraction of sp³-hybridized carbons (Fsp3) is 0.538. The van der Waals surface area contributed by atoms with Crippen LogP contribution in [0.3, 0.4) is 0 Å². The van der Waals surface area contributed by atoms with E-state index in [9.17, 15) is 4.79 Å². The van der Waals surface area contributed by atoms with E-state index in [0.29, 0.717) is 0 Å². The summed E-state index contributed by atoms with van der Waals surface area (Å²) in [7, 11) is 1.67. The summed E-state index contributed by atoms with van der Waals surface area (Å²) in [6, 6.07) is 5.44. The lowest BCUT2D eigenvalue weighted by Gasteiger charge is -2.16. The van der Waals surface area contributed by atoms with Gasteiger partial charge in [0.2, 0.25) is 5.91 Å². The third-order valence-electron chi connectivity index (χ3n) is 3.23. The quantitative estimate of drug-likeness (QED) is 0.822. The smallest absolute Gasteiger partial charge is 0.237 e. The van der Waals surface area contributed by atoms with E-state index in [1.807, 2.05) is 25.1 Å². The van der Waals surface area contributed by atoms with Crippen molar-refractivity contribution >= 4 is 5.91 Å². The maximum atomic E-state index is 12.0. The molecule has 1 aliphatic heterocycles. The summed E-state index contributed by atoms with van der Waals surface area (Å²) in [5.74, 6) is 0.00713. The molecule has 1 fully saturated rings. The Morgan fingerprint density at radius 2 is 2.44 bits per heavy atom. The van der Waals surface area contributed by atoms with Crippen LogP contribution in [0, 0.1) is 0 Å². The molecule has 0 aliphatic carbocycles. The van der Waals surface area contributed by atoms with Crippen LogP contribution in [0.25, 0.3) is 0 Å². The van der Waals surface area contributed by atoms with Crippen molar-refractivity contribution in [1.29, 1.82) is 0 Å². The molecule has 0 radical (unpaired) electrons. The topological polar surface area (TPSA) is 63.2 Å². The maximum Gasteiger partial charge on any atom is 0.237 e. The molecule has 5 heteroatoms. The van der Waals surface area contributed by atoms with Crippen molar-refractivity contribution in [3.8, 4) is 0 Å². The first-order chi connectivity index (χ1) is 8.70. The average molecular weight is 249 g/mol. The first-order valence-corrected chi connectivity index (χ1v) is 6.18. The molecule has 1 saturated heterocycles. The van der Waals surface area contributed by atoms with Crippen molar-refractivity contribution in [2.75, 3.05) is 13.7 Å². The molecular formula is C13H19N3O2. The van der Waals surface area contributed by atoms with Crippen molar-refractivity contribution in [2.45, 2.75) is 31.5 Å². The van der Waals surface area contributed by atoms with Gasteiger partial charge in [0.1, 0.15) is 0 Å². The van der Waals surface area contributed by atoms with Crippen molar-refractivity contribution in [1.82, 2.24) is 15.6 Å². The number of amides is 1. The molecular weight excluding hydrogens is 230 g/mol. The lowest BCUT2D eigenvalue weighted by atomic mass is 10.1. The van der Waals surface area contributed by atoms with Crippen LogP contribution in [0.4, 0.5) is 0 Å². The van der Waals surface area contributed by atoms with Crippen LogP contribution in [0.2, 0.25) is 0 Å². The number of hydrogen-bond donors (Lipinski definition) is 2. The van der Waals surface area contributed by atoms with Gasteiger partial charge in [0.15, 0.2) is 0 Å². The zero-order chi connectivity index (χ0) is 13.0. The van der Waals surface area contributed by atoms with Crippen LogP contribution in [0.5, 0.6) is 0 Å². The van der Waals surface area contributed by atoms with Gasteiger partial charge in [-0.25, -0.2) is 0 Å². The number of aromatic nitrogens is 1. The van der Waals surface area contributed by atoms with E-state index in [0.717, 1.165) is 18.7 Å². The number of pyridine rings is 1. The number of rotatable bonds is 4. The molecule has 98 valence electrons. The maximum absolute atomic E-state index is 12.0. The fourth-order valence-corrected chi connectivity index (χ4v) is 2.10. The van der Waals surface area contributed by atoms with Gasteiger partial charge in [-0.1, -0.05) is 6.07 Å². The van der Waals surface area contributed by atoms with E-state index in [4.69, 9.17) is 4.74 Å². The molecule has 0 bridgehead atoms. The monoisotopic (exact) mass is 249 g/mol. The highest BCUT2D eigenvalue weighted by atomic mass is 16.5. The third-order valence-corrected chi connectivity index (χ3v) is 3.23. The van der Waals surface area contributed by atoms with Crippen LogP contribution < -0.4 is 10.6 Å². The van der Waals surface area contributed by atoms with Gasteiger partial charge >= 0.3 is 0 Å². The lowest BCUT2D eigenvalue weighted by molar-refractivity contribution is -0.123. The van der Waals surface area contributed by atoms with Crippen LogP contribution >= 0.6 is 0 Å². The molecule has 1 amide bonds. The molecule has 2 heterocycles. The van der Waals surface area contributed by atoms with E-state index in [1.165, 1.54) is 0 Å². The average Bonchev–Trinajstić information content (AvgIpc) is 2.88. The summed E-state index contributed by atoms with van der Waals surface area (Å²) in [4.78, 5) is 16.3. The lowest BCUT2D eigenvalue weighted by Crippen LogP contribution is -2.41.